The van der Waals surface area contributed by atoms with E-state index in [0.29, 0.717) is 25.0 Å². The Morgan fingerprint density at radius 3 is 2.77 bits per heavy atom. The molecule has 0 bridgehead atoms. The molecular formula is C15H22IN3O3. The predicted molar refractivity (Wildman–Crippen MR) is 90.0 cm³/mol. The van der Waals surface area contributed by atoms with Crippen LogP contribution in [0.2, 0.25) is 0 Å². The maximum absolute atomic E-state index is 12.0. The zero-order valence-electron chi connectivity index (χ0n) is 13.2. The van der Waals surface area contributed by atoms with Gasteiger partial charge in [0.05, 0.1) is 12.6 Å². The Bertz CT molecular complexity index is 555. The van der Waals surface area contributed by atoms with Crippen LogP contribution in [0.1, 0.15) is 44.8 Å². The highest BCUT2D eigenvalue weighted by Crippen LogP contribution is 2.32. The van der Waals surface area contributed by atoms with Crippen molar-refractivity contribution >= 4 is 28.7 Å². The summed E-state index contributed by atoms with van der Waals surface area (Å²) >= 11 is 2.24. The smallest absolute Gasteiger partial charge is 0.410 e. The second-order valence-electron chi connectivity index (χ2n) is 6.94. The van der Waals surface area contributed by atoms with Gasteiger partial charge in [-0.15, -0.1) is 0 Å². The SMILES string of the molecule is CC(C)(C)OC(=O)N1CC(c2cc(I)nn2C2CCOC2)C1. The van der Waals surface area contributed by atoms with Crippen molar-refractivity contribution in [2.45, 2.75) is 44.8 Å². The Morgan fingerprint density at radius 2 is 2.18 bits per heavy atom. The van der Waals surface area contributed by atoms with Crippen molar-refractivity contribution in [3.63, 3.8) is 0 Å². The molecule has 0 N–H and O–H groups in total. The van der Waals surface area contributed by atoms with Gasteiger partial charge >= 0.3 is 6.09 Å². The quantitative estimate of drug-likeness (QED) is 0.692. The van der Waals surface area contributed by atoms with Crippen LogP contribution in [-0.2, 0) is 9.47 Å². The van der Waals surface area contributed by atoms with Gasteiger partial charge in [0.2, 0.25) is 0 Å². The summed E-state index contributed by atoms with van der Waals surface area (Å²) in [7, 11) is 0. The first-order valence-corrected chi connectivity index (χ1v) is 8.72. The zero-order chi connectivity index (χ0) is 15.9. The Labute approximate surface area is 144 Å². The predicted octanol–water partition coefficient (Wildman–Crippen LogP) is 2.78. The number of rotatable bonds is 2. The van der Waals surface area contributed by atoms with Gasteiger partial charge in [-0.2, -0.15) is 5.10 Å². The van der Waals surface area contributed by atoms with E-state index in [1.54, 1.807) is 4.90 Å². The monoisotopic (exact) mass is 419 g/mol. The molecule has 0 spiro atoms. The van der Waals surface area contributed by atoms with Crippen molar-refractivity contribution in [1.82, 2.24) is 14.7 Å². The average molecular weight is 419 g/mol. The molecule has 0 aliphatic carbocycles. The lowest BCUT2D eigenvalue weighted by molar-refractivity contribution is 0.00734. The third kappa shape index (κ3) is 3.40. The van der Waals surface area contributed by atoms with Crippen LogP contribution in [0, 0.1) is 3.70 Å². The molecule has 22 heavy (non-hydrogen) atoms. The van der Waals surface area contributed by atoms with Crippen molar-refractivity contribution < 1.29 is 14.3 Å². The van der Waals surface area contributed by atoms with Crippen molar-refractivity contribution in [3.8, 4) is 0 Å². The Balaban J connectivity index is 1.64. The summed E-state index contributed by atoms with van der Waals surface area (Å²) in [6.45, 7) is 8.59. The molecule has 1 aromatic heterocycles. The van der Waals surface area contributed by atoms with E-state index in [2.05, 4.69) is 38.4 Å². The van der Waals surface area contributed by atoms with Gasteiger partial charge in [0, 0.05) is 31.3 Å². The van der Waals surface area contributed by atoms with Gasteiger partial charge in [-0.05, 0) is 55.8 Å². The number of carbonyl (C=O) groups excluding carboxylic acids is 1. The first-order valence-electron chi connectivity index (χ1n) is 7.64. The zero-order valence-corrected chi connectivity index (χ0v) is 15.4. The van der Waals surface area contributed by atoms with E-state index in [1.165, 1.54) is 5.69 Å². The van der Waals surface area contributed by atoms with Crippen LogP contribution in [0.25, 0.3) is 0 Å². The molecule has 3 rings (SSSR count). The Morgan fingerprint density at radius 1 is 1.45 bits per heavy atom. The summed E-state index contributed by atoms with van der Waals surface area (Å²) in [6, 6.07) is 2.45. The maximum atomic E-state index is 12.0. The summed E-state index contributed by atoms with van der Waals surface area (Å²) in [4.78, 5) is 13.8. The number of hydrogen-bond donors (Lipinski definition) is 0. The number of carbonyl (C=O) groups is 1. The highest BCUT2D eigenvalue weighted by Gasteiger charge is 2.37. The first-order chi connectivity index (χ1) is 10.3. The molecular weight excluding hydrogens is 397 g/mol. The standard InChI is InChI=1S/C15H22IN3O3/c1-15(2,3)22-14(20)18-7-10(8-18)12-6-13(16)17-19(12)11-4-5-21-9-11/h6,10-11H,4-5,7-9H2,1-3H3. The van der Waals surface area contributed by atoms with Crippen molar-refractivity contribution in [2.24, 2.45) is 0 Å². The molecule has 2 aliphatic rings. The average Bonchev–Trinajstić information content (AvgIpc) is 2.93. The topological polar surface area (TPSA) is 56.6 Å². The molecule has 1 atom stereocenters. The number of nitrogens with zero attached hydrogens (tertiary/aromatic N) is 3. The second-order valence-corrected chi connectivity index (χ2v) is 8.04. The largest absolute Gasteiger partial charge is 0.444 e. The highest BCUT2D eigenvalue weighted by molar-refractivity contribution is 14.1. The van der Waals surface area contributed by atoms with Gasteiger partial charge in [0.1, 0.15) is 9.30 Å². The molecule has 0 aromatic carbocycles. The molecule has 1 amide bonds. The molecule has 2 fully saturated rings. The van der Waals surface area contributed by atoms with E-state index >= 15 is 0 Å². The van der Waals surface area contributed by atoms with Gasteiger partial charge < -0.3 is 14.4 Å². The van der Waals surface area contributed by atoms with Gasteiger partial charge in [-0.3, -0.25) is 4.68 Å². The van der Waals surface area contributed by atoms with Crippen LogP contribution in [-0.4, -0.2) is 52.7 Å². The minimum atomic E-state index is -0.444. The summed E-state index contributed by atoms with van der Waals surface area (Å²) in [6.07, 6.45) is 0.779. The van der Waals surface area contributed by atoms with E-state index < -0.39 is 5.60 Å². The third-order valence-electron chi connectivity index (χ3n) is 3.94. The molecule has 0 saturated carbocycles. The second kappa shape index (κ2) is 5.99. The highest BCUT2D eigenvalue weighted by atomic mass is 127. The van der Waals surface area contributed by atoms with E-state index in [9.17, 15) is 4.79 Å². The number of aromatic nitrogens is 2. The minimum absolute atomic E-state index is 0.228. The number of hydrogen-bond acceptors (Lipinski definition) is 4. The fourth-order valence-corrected chi connectivity index (χ4v) is 3.38. The van der Waals surface area contributed by atoms with Gasteiger partial charge in [0.25, 0.3) is 0 Å². The third-order valence-corrected chi connectivity index (χ3v) is 4.46. The molecule has 1 aromatic rings. The van der Waals surface area contributed by atoms with E-state index in [-0.39, 0.29) is 6.09 Å². The summed E-state index contributed by atoms with van der Waals surface area (Å²) in [5.74, 6) is 0.337. The van der Waals surface area contributed by atoms with Crippen LogP contribution in [0.15, 0.2) is 6.07 Å². The number of likely N-dealkylation sites (tertiary alicyclic amines) is 1. The van der Waals surface area contributed by atoms with Crippen LogP contribution in [0.3, 0.4) is 0 Å². The van der Waals surface area contributed by atoms with Gasteiger partial charge in [-0.1, -0.05) is 0 Å². The summed E-state index contributed by atoms with van der Waals surface area (Å²) in [5.41, 5.74) is 0.764. The van der Waals surface area contributed by atoms with E-state index in [0.717, 1.165) is 23.3 Å². The summed E-state index contributed by atoms with van der Waals surface area (Å²) in [5, 5.41) is 4.61. The molecule has 122 valence electrons. The Kier molecular flexibility index (Phi) is 4.37. The fraction of sp³-hybridized carbons (Fsp3) is 0.733. The van der Waals surface area contributed by atoms with Gasteiger partial charge in [0.15, 0.2) is 0 Å². The van der Waals surface area contributed by atoms with Crippen LogP contribution >= 0.6 is 22.6 Å². The lowest BCUT2D eigenvalue weighted by atomic mass is 9.96. The maximum Gasteiger partial charge on any atom is 0.410 e. The van der Waals surface area contributed by atoms with E-state index in [1.807, 2.05) is 20.8 Å². The molecule has 0 radical (unpaired) electrons. The van der Waals surface area contributed by atoms with Crippen molar-refractivity contribution in [2.75, 3.05) is 26.3 Å². The van der Waals surface area contributed by atoms with Gasteiger partial charge in [-0.25, -0.2) is 4.79 Å². The van der Waals surface area contributed by atoms with E-state index in [4.69, 9.17) is 9.47 Å². The minimum Gasteiger partial charge on any atom is -0.444 e. The molecule has 2 aliphatic heterocycles. The lowest BCUT2D eigenvalue weighted by Crippen LogP contribution is -2.50. The fourth-order valence-electron chi connectivity index (χ4n) is 2.83. The summed E-state index contributed by atoms with van der Waals surface area (Å²) < 4.78 is 14.0. The number of ether oxygens (including phenoxy) is 2. The van der Waals surface area contributed by atoms with Crippen LogP contribution < -0.4 is 0 Å². The van der Waals surface area contributed by atoms with Crippen LogP contribution in [0.4, 0.5) is 4.79 Å². The van der Waals surface area contributed by atoms with Crippen molar-refractivity contribution in [3.05, 3.63) is 15.5 Å². The molecule has 3 heterocycles. The van der Waals surface area contributed by atoms with Crippen LogP contribution in [0.5, 0.6) is 0 Å². The number of halogens is 1. The molecule has 2 saturated heterocycles. The molecule has 6 nitrogen and oxygen atoms in total. The van der Waals surface area contributed by atoms with Crippen molar-refractivity contribution in [1.29, 1.82) is 0 Å². The Hall–Kier alpha value is -0.830. The molecule has 7 heteroatoms. The molecule has 1 unspecified atom stereocenters. The number of amides is 1. The normalized spacial score (nSPS) is 22.7. The first kappa shape index (κ1) is 16.0. The lowest BCUT2D eigenvalue weighted by Gasteiger charge is -2.40.